The van der Waals surface area contributed by atoms with E-state index in [9.17, 15) is 65.5 Å². The van der Waals surface area contributed by atoms with Crippen LogP contribution in [0.4, 0.5) is 45.5 Å². The number of anilines is 4. The Bertz CT molecular complexity index is 3750. The van der Waals surface area contributed by atoms with Crippen LogP contribution in [0.2, 0.25) is 0 Å². The number of benzene rings is 6. The first-order valence-corrected chi connectivity index (χ1v) is 24.8. The minimum Gasteiger partial charge on any atom is -0.872 e. The summed E-state index contributed by atoms with van der Waals surface area (Å²) in [5.74, 6) is -6.56. The van der Waals surface area contributed by atoms with Crippen LogP contribution in [0.3, 0.4) is 0 Å². The van der Waals surface area contributed by atoms with Gasteiger partial charge < -0.3 is 44.8 Å². The summed E-state index contributed by atoms with van der Waals surface area (Å²) in [5, 5.41) is 73.5. The standard InChI is InChI=1S/C50H39N9O16S2.4Na/c1-23-13-37(41(74-3)21-35(23)54-52-29-7-11-39(60)33(19-29)49(64)65)56-58-45-43(76(68,69)70)17-25-15-27(5-9-31(25)47(45)62)51-28-6-10-32-26(16-28)18-44(77(71,72)73)46(48(32)63)59-57-38-14-24(2)36(22-42(38)75-4)55-53-30-8-12-40(61)34(20-30)50(66)67;;;;/h5-22,51,56-57,60-61H,1-4H3,(H,64,65)(H,66,67)(H,68,69,70)(H,71,72,73);;;;/q;4*+1/p-4. The van der Waals surface area contributed by atoms with E-state index < -0.39 is 87.6 Å². The predicted octanol–water partition coefficient (Wildman–Crippen LogP) is -6.43. The van der Waals surface area contributed by atoms with E-state index in [-0.39, 0.29) is 197 Å². The number of hydrogen-bond donors (Lipinski definition) is 5. The van der Waals surface area contributed by atoms with E-state index in [0.29, 0.717) is 11.1 Å². The van der Waals surface area contributed by atoms with Crippen molar-refractivity contribution in [3.05, 3.63) is 151 Å². The average molecular weight is 1170 g/mol. The number of azo groups is 2. The zero-order valence-electron chi connectivity index (χ0n) is 44.0. The van der Waals surface area contributed by atoms with Crippen molar-refractivity contribution in [3.63, 3.8) is 0 Å². The molecule has 0 spiro atoms. The number of Topliss-reactive ketones (excluding diaryl/α,β-unsaturated/α-hetero) is 2. The van der Waals surface area contributed by atoms with Crippen molar-refractivity contribution in [3.8, 4) is 23.0 Å². The molecule has 6 aromatic rings. The first-order chi connectivity index (χ1) is 36.4. The SMILES string of the molecule is COc1cc(N=Nc2ccc([O-])c(C(=O)[O-])c2)c(C)cc1NN=C1C(=O)c2ccc(Nc3ccc4c(c3)C=C(S(=O)(=O)O)C(=NNc3cc(C)c(N=Nc5ccc([O-])c(C(=O)[O-])c5)cc3OC)C4=O)cc2C=C1S(=O)(=O)O.[Na+].[Na+].[Na+].[Na+]. The van der Waals surface area contributed by atoms with Gasteiger partial charge in [-0.25, -0.2) is 0 Å². The number of nitrogens with zero attached hydrogens (tertiary/aromatic N) is 6. The Morgan fingerprint density at radius 3 is 1.23 bits per heavy atom. The Kier molecular flexibility index (Phi) is 23.2. The fraction of sp³-hybridized carbons (Fsp3) is 0.0800. The van der Waals surface area contributed by atoms with Gasteiger partial charge in [-0.05, 0) is 132 Å². The number of carboxylic acids is 2. The van der Waals surface area contributed by atoms with E-state index in [1.165, 1.54) is 87.0 Å². The van der Waals surface area contributed by atoms with Crippen LogP contribution in [0, 0.1) is 13.8 Å². The number of rotatable bonds is 16. The molecular weight excluding hydrogens is 1140 g/mol. The van der Waals surface area contributed by atoms with Crippen molar-refractivity contribution in [2.24, 2.45) is 30.7 Å². The normalized spacial score (nSPS) is 13.8. The molecule has 0 radical (unpaired) electrons. The third-order valence-corrected chi connectivity index (χ3v) is 13.2. The number of nitrogens with one attached hydrogen (secondary N) is 3. The maximum Gasteiger partial charge on any atom is 1.00 e. The van der Waals surface area contributed by atoms with Gasteiger partial charge in [0.05, 0.1) is 60.3 Å². The van der Waals surface area contributed by atoms with Gasteiger partial charge in [0.2, 0.25) is 11.6 Å². The summed E-state index contributed by atoms with van der Waals surface area (Å²) in [6.45, 7) is 3.22. The molecule has 25 nitrogen and oxygen atoms in total. The Labute approximate surface area is 549 Å². The topological polar surface area (TPSA) is 398 Å². The zero-order chi connectivity index (χ0) is 55.7. The van der Waals surface area contributed by atoms with Gasteiger partial charge >= 0.3 is 118 Å². The van der Waals surface area contributed by atoms with Crippen molar-refractivity contribution >= 4 is 113 Å². The summed E-state index contributed by atoms with van der Waals surface area (Å²) in [5.41, 5.74) is 4.81. The minimum absolute atomic E-state index is 0. The van der Waals surface area contributed by atoms with Crippen molar-refractivity contribution in [1.82, 2.24) is 0 Å². The number of ketones is 2. The van der Waals surface area contributed by atoms with Crippen LogP contribution in [-0.4, -0.2) is 75.1 Å². The number of carbonyl (C=O) groups excluding carboxylic acids is 4. The van der Waals surface area contributed by atoms with Gasteiger partial charge in [0.25, 0.3) is 20.2 Å². The monoisotopic (exact) mass is 1170 g/mol. The second-order valence-electron chi connectivity index (χ2n) is 16.5. The molecule has 0 heterocycles. The number of allylic oxidation sites excluding steroid dienone is 2. The molecule has 2 aliphatic rings. The fourth-order valence-corrected chi connectivity index (χ4v) is 8.94. The molecule has 0 saturated heterocycles. The van der Waals surface area contributed by atoms with E-state index >= 15 is 0 Å². The Hall–Kier alpha value is -5.96. The number of carbonyl (C=O) groups is 4. The maximum absolute atomic E-state index is 13.9. The molecule has 81 heavy (non-hydrogen) atoms. The van der Waals surface area contributed by atoms with Gasteiger partial charge in [-0.15, -0.1) is 0 Å². The molecule has 0 atom stereocenters. The Balaban J connectivity index is 0.00000353. The summed E-state index contributed by atoms with van der Waals surface area (Å²) >= 11 is 0. The van der Waals surface area contributed by atoms with E-state index in [2.05, 4.69) is 46.8 Å². The van der Waals surface area contributed by atoms with Crippen LogP contribution in [0.5, 0.6) is 23.0 Å². The van der Waals surface area contributed by atoms with Gasteiger partial charge in [0.1, 0.15) is 21.3 Å². The zero-order valence-corrected chi connectivity index (χ0v) is 53.6. The van der Waals surface area contributed by atoms with Crippen LogP contribution in [0.15, 0.2) is 138 Å². The molecular formula is C50H35N9Na4O16S2. The van der Waals surface area contributed by atoms with E-state index in [0.717, 1.165) is 36.4 Å². The number of fused-ring (bicyclic) bond motifs is 2. The second-order valence-corrected chi connectivity index (χ2v) is 19.3. The van der Waals surface area contributed by atoms with Crippen molar-refractivity contribution in [2.75, 3.05) is 30.4 Å². The molecule has 0 aromatic heterocycles. The van der Waals surface area contributed by atoms with Crippen LogP contribution in [-0.2, 0) is 20.2 Å². The molecule has 0 bridgehead atoms. The summed E-state index contributed by atoms with van der Waals surface area (Å²) < 4.78 is 82.4. The molecule has 8 rings (SSSR count). The quantitative estimate of drug-likeness (QED) is 0.0260. The molecule has 0 fully saturated rings. The molecule has 392 valence electrons. The molecule has 0 unspecified atom stereocenters. The number of hydrazone groups is 2. The number of carboxylic acid groups (broad SMARTS) is 2. The van der Waals surface area contributed by atoms with Crippen LogP contribution in [0.1, 0.15) is 63.7 Å². The molecule has 6 aromatic carbocycles. The first-order valence-electron chi connectivity index (χ1n) is 21.9. The largest absolute Gasteiger partial charge is 1.00 e. The van der Waals surface area contributed by atoms with E-state index in [1.54, 1.807) is 13.8 Å². The minimum atomic E-state index is -5.11. The van der Waals surface area contributed by atoms with E-state index in [1.807, 2.05) is 0 Å². The van der Waals surface area contributed by atoms with E-state index in [4.69, 9.17) is 9.47 Å². The fourth-order valence-electron chi connectivity index (χ4n) is 7.62. The first kappa shape index (κ1) is 67.5. The van der Waals surface area contributed by atoms with Gasteiger partial charge in [-0.2, -0.15) is 47.5 Å². The van der Waals surface area contributed by atoms with Crippen LogP contribution >= 0.6 is 0 Å². The van der Waals surface area contributed by atoms with Crippen molar-refractivity contribution in [2.45, 2.75) is 13.8 Å². The van der Waals surface area contributed by atoms with Crippen molar-refractivity contribution < 1.29 is 193 Å². The summed E-state index contributed by atoms with van der Waals surface area (Å²) in [4.78, 5) is 48.6. The van der Waals surface area contributed by atoms with Crippen LogP contribution < -0.4 is 164 Å². The molecule has 0 amide bonds. The Morgan fingerprint density at radius 2 is 0.901 bits per heavy atom. The van der Waals surface area contributed by atoms with Gasteiger partial charge in [-0.1, -0.05) is 23.6 Å². The maximum atomic E-state index is 13.9. The van der Waals surface area contributed by atoms with Gasteiger partial charge in [-0.3, -0.25) is 29.5 Å². The molecule has 31 heteroatoms. The number of aryl methyl sites for hydroxylation is 2. The predicted molar refractivity (Wildman–Crippen MR) is 270 cm³/mol. The third kappa shape index (κ3) is 15.4. The number of methoxy groups -OCH3 is 2. The summed E-state index contributed by atoms with van der Waals surface area (Å²) in [6.07, 6.45) is 2.03. The third-order valence-electron chi connectivity index (χ3n) is 11.4. The molecule has 0 aliphatic heterocycles. The summed E-state index contributed by atoms with van der Waals surface area (Å²) in [7, 11) is -7.63. The molecule has 2 aliphatic carbocycles. The summed E-state index contributed by atoms with van der Waals surface area (Å²) in [6, 6.07) is 20.7. The van der Waals surface area contributed by atoms with Gasteiger partial charge in [0, 0.05) is 34.6 Å². The molecule has 5 N–H and O–H groups in total. The number of aromatic carboxylic acids is 2. The van der Waals surface area contributed by atoms with Crippen LogP contribution in [0.25, 0.3) is 12.2 Å². The smallest absolute Gasteiger partial charge is 0.872 e. The number of ether oxygens (including phenoxy) is 2. The second kappa shape index (κ2) is 27.9. The Morgan fingerprint density at radius 1 is 0.531 bits per heavy atom. The van der Waals surface area contributed by atoms with Gasteiger partial charge in [0.15, 0.2) is 11.4 Å². The number of hydrogen-bond acceptors (Lipinski definition) is 23. The molecule has 0 saturated carbocycles. The van der Waals surface area contributed by atoms with Crippen molar-refractivity contribution in [1.29, 1.82) is 0 Å². The average Bonchev–Trinajstić information content (AvgIpc) is 3.41.